The summed E-state index contributed by atoms with van der Waals surface area (Å²) < 4.78 is 6.18. The van der Waals surface area contributed by atoms with E-state index in [4.69, 9.17) is 4.52 Å². The molecule has 0 aliphatic rings. The van der Waals surface area contributed by atoms with Crippen molar-refractivity contribution in [2.45, 2.75) is 57.0 Å². The highest BCUT2D eigenvalue weighted by molar-refractivity contribution is 7.39. The van der Waals surface area contributed by atoms with E-state index in [0.29, 0.717) is 0 Å². The molecule has 0 radical (unpaired) electrons. The fraction of sp³-hybridized carbons (Fsp3) is 0.333. The third kappa shape index (κ3) is 6.02. The first kappa shape index (κ1) is 23.6. The fourth-order valence-electron chi connectivity index (χ4n) is 4.48. The Kier molecular flexibility index (Phi) is 9.24. The van der Waals surface area contributed by atoms with Crippen LogP contribution in [0.5, 0.6) is 0 Å². The minimum absolute atomic E-state index is 0.0653. The van der Waals surface area contributed by atoms with Crippen molar-refractivity contribution in [2.24, 2.45) is 0 Å². The summed E-state index contributed by atoms with van der Waals surface area (Å²) in [6.07, 6.45) is 6.77. The number of hydrogen-bond donors (Lipinski definition) is 2. The van der Waals surface area contributed by atoms with Gasteiger partial charge >= 0.3 is 8.60 Å². The van der Waals surface area contributed by atoms with Crippen LogP contribution in [0, 0.1) is 0 Å². The Labute approximate surface area is 187 Å². The topological polar surface area (TPSA) is 49.7 Å². The molecule has 1 atom stereocenters. The summed E-state index contributed by atoms with van der Waals surface area (Å²) in [7, 11) is -2.58. The molecule has 0 aliphatic carbocycles. The Morgan fingerprint density at radius 2 is 1.19 bits per heavy atom. The molecule has 0 amide bonds. The Balaban J connectivity index is 2.14. The van der Waals surface area contributed by atoms with Gasteiger partial charge in [0.15, 0.2) is 0 Å². The van der Waals surface area contributed by atoms with Gasteiger partial charge < -0.3 is 9.79 Å². The van der Waals surface area contributed by atoms with Crippen LogP contribution in [0.4, 0.5) is 0 Å². The van der Waals surface area contributed by atoms with Crippen molar-refractivity contribution in [3.8, 4) is 0 Å². The average Bonchev–Trinajstić information content (AvgIpc) is 2.82. The van der Waals surface area contributed by atoms with Gasteiger partial charge in [-0.3, -0.25) is 4.52 Å². The van der Waals surface area contributed by atoms with E-state index in [2.05, 4.69) is 19.1 Å². The van der Waals surface area contributed by atoms with Gasteiger partial charge in [-0.05, 0) is 23.1 Å². The second-order valence-electron chi connectivity index (χ2n) is 7.98. The summed E-state index contributed by atoms with van der Waals surface area (Å²) in [6, 6.07) is 30.3. The van der Waals surface area contributed by atoms with Crippen LogP contribution in [0.1, 0.15) is 68.1 Å². The van der Waals surface area contributed by atoms with E-state index < -0.39 is 14.2 Å². The monoisotopic (exact) mass is 436 g/mol. The maximum Gasteiger partial charge on any atom is 0.328 e. The molecule has 164 valence electrons. The Morgan fingerprint density at radius 3 is 1.68 bits per heavy atom. The van der Waals surface area contributed by atoms with E-state index in [1.165, 1.54) is 19.3 Å². The summed E-state index contributed by atoms with van der Waals surface area (Å²) in [6.45, 7) is 2.22. The zero-order valence-corrected chi connectivity index (χ0v) is 19.1. The van der Waals surface area contributed by atoms with Gasteiger partial charge in [-0.1, -0.05) is 130 Å². The van der Waals surface area contributed by atoms with E-state index in [0.717, 1.165) is 36.0 Å². The van der Waals surface area contributed by atoms with Gasteiger partial charge in [0.2, 0.25) is 0 Å². The highest BCUT2D eigenvalue weighted by Crippen LogP contribution is 2.53. The maximum atomic E-state index is 10.1. The number of rotatable bonds is 12. The lowest BCUT2D eigenvalue weighted by molar-refractivity contribution is 0.0579. The zero-order chi connectivity index (χ0) is 21.9. The molecule has 0 spiro atoms. The van der Waals surface area contributed by atoms with Crippen molar-refractivity contribution in [3.63, 3.8) is 0 Å². The van der Waals surface area contributed by atoms with Crippen LogP contribution >= 0.6 is 8.60 Å². The molecule has 3 aromatic rings. The summed E-state index contributed by atoms with van der Waals surface area (Å²) in [4.78, 5) is 20.3. The van der Waals surface area contributed by atoms with E-state index in [-0.39, 0.29) is 5.92 Å². The zero-order valence-electron chi connectivity index (χ0n) is 18.2. The predicted octanol–water partition coefficient (Wildman–Crippen LogP) is 7.30. The highest BCUT2D eigenvalue weighted by Gasteiger charge is 2.45. The molecule has 0 aliphatic heterocycles. The van der Waals surface area contributed by atoms with Crippen LogP contribution < -0.4 is 0 Å². The Bertz CT molecular complexity index is 829. The molecule has 1 unspecified atom stereocenters. The largest absolute Gasteiger partial charge is 0.328 e. The lowest BCUT2D eigenvalue weighted by Crippen LogP contribution is -2.37. The number of benzene rings is 3. The first-order valence-electron chi connectivity index (χ1n) is 11.2. The van der Waals surface area contributed by atoms with Crippen LogP contribution in [0.3, 0.4) is 0 Å². The van der Waals surface area contributed by atoms with E-state index in [1.807, 2.05) is 78.9 Å². The fourth-order valence-corrected chi connectivity index (χ4v) is 5.08. The molecule has 0 bridgehead atoms. The quantitative estimate of drug-likeness (QED) is 0.231. The summed E-state index contributed by atoms with van der Waals surface area (Å²) in [5, 5.41) is 0. The van der Waals surface area contributed by atoms with Gasteiger partial charge in [-0.25, -0.2) is 0 Å². The van der Waals surface area contributed by atoms with Crippen LogP contribution in [0.15, 0.2) is 91.0 Å². The first-order valence-corrected chi connectivity index (χ1v) is 12.4. The second kappa shape index (κ2) is 12.1. The standard InChI is InChI=1S/C27H33O3P/c1-2-3-4-5-15-22-26(23-16-9-6-10-17-23)27(30-31(28)29,24-18-11-7-12-19-24)25-20-13-8-14-21-25/h6-14,16-21,26,28-29H,2-5,15,22H2,1H3. The van der Waals surface area contributed by atoms with Gasteiger partial charge in [0, 0.05) is 5.92 Å². The molecule has 0 saturated carbocycles. The molecule has 0 fully saturated rings. The maximum absolute atomic E-state index is 10.1. The molecular formula is C27H33O3P. The Morgan fingerprint density at radius 1 is 0.710 bits per heavy atom. The Hall–Kier alpha value is -2.03. The van der Waals surface area contributed by atoms with Crippen molar-refractivity contribution in [3.05, 3.63) is 108 Å². The third-order valence-electron chi connectivity index (χ3n) is 5.92. The normalized spacial score (nSPS) is 12.8. The lowest BCUT2D eigenvalue weighted by Gasteiger charge is -2.42. The van der Waals surface area contributed by atoms with Crippen molar-refractivity contribution in [2.75, 3.05) is 0 Å². The van der Waals surface area contributed by atoms with E-state index >= 15 is 0 Å². The molecule has 0 saturated heterocycles. The molecule has 4 heteroatoms. The van der Waals surface area contributed by atoms with Crippen molar-refractivity contribution < 1.29 is 14.3 Å². The molecule has 31 heavy (non-hydrogen) atoms. The van der Waals surface area contributed by atoms with Crippen molar-refractivity contribution >= 4 is 8.60 Å². The SMILES string of the molecule is CCCCCCCC(c1ccccc1)C(OP(O)O)(c1ccccc1)c1ccccc1. The molecule has 0 heterocycles. The summed E-state index contributed by atoms with van der Waals surface area (Å²) >= 11 is 0. The minimum Gasteiger partial charge on any atom is -0.328 e. The van der Waals surface area contributed by atoms with Gasteiger partial charge in [-0.15, -0.1) is 0 Å². The average molecular weight is 437 g/mol. The second-order valence-corrected chi connectivity index (χ2v) is 8.67. The highest BCUT2D eigenvalue weighted by atomic mass is 31.2. The van der Waals surface area contributed by atoms with Crippen LogP contribution in [-0.4, -0.2) is 9.79 Å². The van der Waals surface area contributed by atoms with Gasteiger partial charge in [0.25, 0.3) is 0 Å². The number of unbranched alkanes of at least 4 members (excludes halogenated alkanes) is 4. The third-order valence-corrected chi connectivity index (χ3v) is 6.37. The molecular weight excluding hydrogens is 403 g/mol. The molecule has 3 rings (SSSR count). The van der Waals surface area contributed by atoms with Crippen LogP contribution in [-0.2, 0) is 10.1 Å². The van der Waals surface area contributed by atoms with Crippen molar-refractivity contribution in [1.29, 1.82) is 0 Å². The lowest BCUT2D eigenvalue weighted by atomic mass is 9.71. The van der Waals surface area contributed by atoms with Crippen molar-refractivity contribution in [1.82, 2.24) is 0 Å². The van der Waals surface area contributed by atoms with E-state index in [1.54, 1.807) is 0 Å². The minimum atomic E-state index is -2.58. The van der Waals surface area contributed by atoms with Crippen LogP contribution in [0.2, 0.25) is 0 Å². The van der Waals surface area contributed by atoms with Crippen LogP contribution in [0.25, 0.3) is 0 Å². The number of hydrogen-bond acceptors (Lipinski definition) is 3. The van der Waals surface area contributed by atoms with Gasteiger partial charge in [0.1, 0.15) is 5.60 Å². The molecule has 0 aromatic heterocycles. The molecule has 3 nitrogen and oxygen atoms in total. The predicted molar refractivity (Wildman–Crippen MR) is 129 cm³/mol. The van der Waals surface area contributed by atoms with Gasteiger partial charge in [0.05, 0.1) is 0 Å². The summed E-state index contributed by atoms with van der Waals surface area (Å²) in [5.74, 6) is -0.0653. The first-order chi connectivity index (χ1) is 15.2. The van der Waals surface area contributed by atoms with E-state index in [9.17, 15) is 9.79 Å². The summed E-state index contributed by atoms with van der Waals surface area (Å²) in [5.41, 5.74) is 2.00. The smallest absolute Gasteiger partial charge is 0.328 e. The molecule has 2 N–H and O–H groups in total. The molecule has 3 aromatic carbocycles. The van der Waals surface area contributed by atoms with Gasteiger partial charge in [-0.2, -0.15) is 0 Å².